The number of hydrogen-bond donors (Lipinski definition) is 0. The second kappa shape index (κ2) is 2.54. The summed E-state index contributed by atoms with van der Waals surface area (Å²) in [5.74, 6) is 0.794. The van der Waals surface area contributed by atoms with Gasteiger partial charge in [-0.25, -0.2) is 0 Å². The fourth-order valence-electron chi connectivity index (χ4n) is 1.02. The second-order valence-electron chi connectivity index (χ2n) is 2.52. The van der Waals surface area contributed by atoms with Crippen LogP contribution < -0.4 is 0 Å². The standard InChI is InChI=1S/C7H11Cl/c1-6-3-2-4-7(8)5-6/h2,4,6-7H,3,5H2,1H3/t6-,7+/m0/s1. The first-order valence-electron chi connectivity index (χ1n) is 3.10. The van der Waals surface area contributed by atoms with Gasteiger partial charge in [0.05, 0.1) is 5.38 Å². The SMILES string of the molecule is C[C@H]1CC=C[C@@H](Cl)C1. The van der Waals surface area contributed by atoms with Crippen LogP contribution in [0.1, 0.15) is 19.8 Å². The van der Waals surface area contributed by atoms with Crippen molar-refractivity contribution in [3.63, 3.8) is 0 Å². The molecule has 0 bridgehead atoms. The molecule has 1 aliphatic rings. The van der Waals surface area contributed by atoms with Crippen LogP contribution in [0.15, 0.2) is 12.2 Å². The Balaban J connectivity index is 2.42. The van der Waals surface area contributed by atoms with E-state index in [1.54, 1.807) is 0 Å². The first kappa shape index (κ1) is 6.15. The van der Waals surface area contributed by atoms with E-state index in [0.717, 1.165) is 12.3 Å². The van der Waals surface area contributed by atoms with Crippen molar-refractivity contribution in [3.05, 3.63) is 12.2 Å². The molecule has 0 aromatic heterocycles. The molecule has 0 N–H and O–H groups in total. The molecule has 0 aliphatic heterocycles. The van der Waals surface area contributed by atoms with Crippen LogP contribution in [0.5, 0.6) is 0 Å². The predicted octanol–water partition coefficient (Wildman–Crippen LogP) is 2.58. The van der Waals surface area contributed by atoms with Crippen LogP contribution in [0, 0.1) is 5.92 Å². The van der Waals surface area contributed by atoms with E-state index >= 15 is 0 Å². The molecular formula is C7H11Cl. The molecule has 0 spiro atoms. The molecule has 1 heteroatoms. The van der Waals surface area contributed by atoms with Crippen LogP contribution in [0.2, 0.25) is 0 Å². The van der Waals surface area contributed by atoms with E-state index in [-0.39, 0.29) is 0 Å². The fraction of sp³-hybridized carbons (Fsp3) is 0.714. The van der Waals surface area contributed by atoms with E-state index in [1.165, 1.54) is 6.42 Å². The Morgan fingerprint density at radius 1 is 1.62 bits per heavy atom. The smallest absolute Gasteiger partial charge is 0.0518 e. The van der Waals surface area contributed by atoms with Crippen molar-refractivity contribution in [1.29, 1.82) is 0 Å². The Kier molecular flexibility index (Phi) is 1.95. The highest BCUT2D eigenvalue weighted by Crippen LogP contribution is 2.20. The van der Waals surface area contributed by atoms with Gasteiger partial charge in [0, 0.05) is 0 Å². The van der Waals surface area contributed by atoms with E-state index in [2.05, 4.69) is 19.1 Å². The molecule has 0 radical (unpaired) electrons. The molecule has 1 rings (SSSR count). The maximum Gasteiger partial charge on any atom is 0.0518 e. The van der Waals surface area contributed by atoms with Crippen molar-refractivity contribution in [2.24, 2.45) is 5.92 Å². The van der Waals surface area contributed by atoms with Crippen LogP contribution in [-0.2, 0) is 0 Å². The Morgan fingerprint density at radius 3 is 2.75 bits per heavy atom. The summed E-state index contributed by atoms with van der Waals surface area (Å²) >= 11 is 5.82. The van der Waals surface area contributed by atoms with E-state index < -0.39 is 0 Å². The van der Waals surface area contributed by atoms with Crippen LogP contribution >= 0.6 is 11.6 Å². The lowest BCUT2D eigenvalue weighted by Crippen LogP contribution is -2.06. The quantitative estimate of drug-likeness (QED) is 0.349. The van der Waals surface area contributed by atoms with Crippen molar-refractivity contribution >= 4 is 11.6 Å². The minimum Gasteiger partial charge on any atom is -0.118 e. The highest BCUT2D eigenvalue weighted by molar-refractivity contribution is 6.21. The van der Waals surface area contributed by atoms with Gasteiger partial charge in [-0.15, -0.1) is 11.6 Å². The average molecular weight is 131 g/mol. The molecule has 0 fully saturated rings. The first-order valence-corrected chi connectivity index (χ1v) is 3.53. The fourth-order valence-corrected chi connectivity index (χ4v) is 1.42. The highest BCUT2D eigenvalue weighted by atomic mass is 35.5. The van der Waals surface area contributed by atoms with Gasteiger partial charge in [-0.05, 0) is 18.8 Å². The zero-order chi connectivity index (χ0) is 5.98. The molecule has 8 heavy (non-hydrogen) atoms. The molecule has 0 nitrogen and oxygen atoms in total. The minimum atomic E-state index is 0.304. The number of halogens is 1. The van der Waals surface area contributed by atoms with Gasteiger partial charge in [-0.3, -0.25) is 0 Å². The summed E-state index contributed by atoms with van der Waals surface area (Å²) in [4.78, 5) is 0. The van der Waals surface area contributed by atoms with Gasteiger partial charge in [0.2, 0.25) is 0 Å². The summed E-state index contributed by atoms with van der Waals surface area (Å²) in [7, 11) is 0. The molecule has 46 valence electrons. The van der Waals surface area contributed by atoms with Gasteiger partial charge >= 0.3 is 0 Å². The van der Waals surface area contributed by atoms with Crippen molar-refractivity contribution in [3.8, 4) is 0 Å². The van der Waals surface area contributed by atoms with Gasteiger partial charge in [0.1, 0.15) is 0 Å². The zero-order valence-corrected chi connectivity index (χ0v) is 5.86. The van der Waals surface area contributed by atoms with Crippen molar-refractivity contribution in [2.75, 3.05) is 0 Å². The normalized spacial score (nSPS) is 37.8. The second-order valence-corrected chi connectivity index (χ2v) is 3.08. The molecule has 0 saturated heterocycles. The Bertz CT molecular complexity index is 96.6. The molecule has 0 unspecified atom stereocenters. The summed E-state index contributed by atoms with van der Waals surface area (Å²) in [6.07, 6.45) is 6.62. The van der Waals surface area contributed by atoms with Crippen LogP contribution in [0.4, 0.5) is 0 Å². The lowest BCUT2D eigenvalue weighted by atomic mass is 9.96. The third kappa shape index (κ3) is 1.52. The van der Waals surface area contributed by atoms with Gasteiger partial charge < -0.3 is 0 Å². The van der Waals surface area contributed by atoms with Gasteiger partial charge in [0.25, 0.3) is 0 Å². The monoisotopic (exact) mass is 130 g/mol. The van der Waals surface area contributed by atoms with Gasteiger partial charge in [0.15, 0.2) is 0 Å². The van der Waals surface area contributed by atoms with E-state index in [1.807, 2.05) is 0 Å². The summed E-state index contributed by atoms with van der Waals surface area (Å²) in [6, 6.07) is 0. The van der Waals surface area contributed by atoms with Crippen LogP contribution in [0.25, 0.3) is 0 Å². The Morgan fingerprint density at radius 2 is 2.38 bits per heavy atom. The summed E-state index contributed by atoms with van der Waals surface area (Å²) in [5.41, 5.74) is 0. The molecule has 0 aromatic rings. The lowest BCUT2D eigenvalue weighted by Gasteiger charge is -2.15. The van der Waals surface area contributed by atoms with Crippen molar-refractivity contribution < 1.29 is 0 Å². The topological polar surface area (TPSA) is 0 Å². The number of rotatable bonds is 0. The Labute approximate surface area is 55.5 Å². The van der Waals surface area contributed by atoms with Crippen molar-refractivity contribution in [1.82, 2.24) is 0 Å². The molecule has 0 heterocycles. The minimum absolute atomic E-state index is 0.304. The number of allylic oxidation sites excluding steroid dienone is 2. The van der Waals surface area contributed by atoms with E-state index in [0.29, 0.717) is 5.38 Å². The number of hydrogen-bond acceptors (Lipinski definition) is 0. The maximum absolute atomic E-state index is 5.82. The van der Waals surface area contributed by atoms with Crippen LogP contribution in [-0.4, -0.2) is 5.38 Å². The molecule has 1 aliphatic carbocycles. The molecule has 2 atom stereocenters. The van der Waals surface area contributed by atoms with Gasteiger partial charge in [-0.1, -0.05) is 19.1 Å². The highest BCUT2D eigenvalue weighted by Gasteiger charge is 2.09. The summed E-state index contributed by atoms with van der Waals surface area (Å²) < 4.78 is 0. The third-order valence-electron chi connectivity index (χ3n) is 1.51. The van der Waals surface area contributed by atoms with Crippen molar-refractivity contribution in [2.45, 2.75) is 25.1 Å². The Hall–Kier alpha value is 0.0300. The first-order chi connectivity index (χ1) is 3.79. The summed E-state index contributed by atoms with van der Waals surface area (Å²) in [6.45, 7) is 2.24. The zero-order valence-electron chi connectivity index (χ0n) is 5.10. The molecule has 0 amide bonds. The van der Waals surface area contributed by atoms with Crippen LogP contribution in [0.3, 0.4) is 0 Å². The largest absolute Gasteiger partial charge is 0.118 e. The van der Waals surface area contributed by atoms with E-state index in [4.69, 9.17) is 11.6 Å². The molecule has 0 saturated carbocycles. The summed E-state index contributed by atoms with van der Waals surface area (Å²) in [5, 5.41) is 0.304. The lowest BCUT2D eigenvalue weighted by molar-refractivity contribution is 0.531. The van der Waals surface area contributed by atoms with Gasteiger partial charge in [-0.2, -0.15) is 0 Å². The van der Waals surface area contributed by atoms with E-state index in [9.17, 15) is 0 Å². The number of alkyl halides is 1. The molecular weight excluding hydrogens is 120 g/mol. The average Bonchev–Trinajstić information content (AvgIpc) is 1.64. The predicted molar refractivity (Wildman–Crippen MR) is 37.2 cm³/mol. The molecule has 0 aromatic carbocycles. The third-order valence-corrected chi connectivity index (χ3v) is 1.83. The maximum atomic E-state index is 5.82.